The van der Waals surface area contributed by atoms with Gasteiger partial charge in [0, 0.05) is 67.0 Å². The second-order valence-corrected chi connectivity index (χ2v) is 33.2. The largest absolute Gasteiger partial charge is 0.416 e. The first kappa shape index (κ1) is 73.8. The molecule has 0 amide bonds. The summed E-state index contributed by atoms with van der Waals surface area (Å²) in [4.78, 5) is 10.0. The number of halogens is 3. The van der Waals surface area contributed by atoms with Gasteiger partial charge >= 0.3 is 6.18 Å². The Labute approximate surface area is 671 Å². The summed E-state index contributed by atoms with van der Waals surface area (Å²) in [6.45, 7) is 39.1. The van der Waals surface area contributed by atoms with E-state index in [2.05, 4.69) is 320 Å². The highest BCUT2D eigenvalue weighted by Gasteiger charge is 2.36. The van der Waals surface area contributed by atoms with E-state index in [1.54, 1.807) is 12.4 Å². The van der Waals surface area contributed by atoms with Crippen LogP contribution in [0.25, 0.3) is 171 Å². The van der Waals surface area contributed by atoms with Crippen LogP contribution in [-0.4, -0.2) is 23.7 Å². The van der Waals surface area contributed by atoms with Gasteiger partial charge in [-0.2, -0.15) is 13.2 Å². The number of alkyl halides is 3. The minimum Gasteiger partial charge on any atom is -0.308 e. The van der Waals surface area contributed by atoms with Gasteiger partial charge in [-0.25, -0.2) is 0 Å². The molecule has 5 aromatic heterocycles. The van der Waals surface area contributed by atoms with E-state index in [0.717, 1.165) is 132 Å². The number of pyridine rings is 2. The van der Waals surface area contributed by atoms with Crippen molar-refractivity contribution in [3.63, 3.8) is 0 Å². The van der Waals surface area contributed by atoms with Gasteiger partial charge < -0.3 is 13.7 Å². The third-order valence-corrected chi connectivity index (χ3v) is 24.4. The monoisotopic (exact) mass is 1500 g/mol. The van der Waals surface area contributed by atoms with Gasteiger partial charge in [-0.1, -0.05) is 143 Å². The summed E-state index contributed by atoms with van der Waals surface area (Å²) in [6.07, 6.45) is 2.32. The SMILES string of the molecule is Cc1cc(C)c(-c2ccc3c(c2)c2cc(-c4c(C)cc(C)cc4C)ccc2n3-c2cnccc2-c2cc(C(F)(F)F)cc(-c3ccncc3-n3c4ccc(-c5c(C)cc(C)cc5C)cc4c4cc(-c5c(C)cc(C)cc5C)ccc43)c2-n2c3ccc(-c4c(C)cc(C)cc4C)cc3c3cc(-c4c(C)cc(C)cc4C)ccc32)c(C)c1. The van der Waals surface area contributed by atoms with Gasteiger partial charge in [-0.15, -0.1) is 0 Å². The van der Waals surface area contributed by atoms with E-state index in [1.165, 1.54) is 112 Å². The summed E-state index contributed by atoms with van der Waals surface area (Å²) >= 11 is 0. The zero-order valence-corrected chi connectivity index (χ0v) is 68.8. The molecule has 5 nitrogen and oxygen atoms in total. The predicted octanol–water partition coefficient (Wildman–Crippen LogP) is 29.7. The number of hydrogen-bond acceptors (Lipinski definition) is 2. The first-order valence-electron chi connectivity index (χ1n) is 39.9. The molecule has 5 heterocycles. The van der Waals surface area contributed by atoms with Crippen molar-refractivity contribution in [3.05, 3.63) is 337 Å². The van der Waals surface area contributed by atoms with Gasteiger partial charge in [0.1, 0.15) is 0 Å². The molecule has 0 atom stereocenters. The molecule has 566 valence electrons. The molecular formula is C107H92F3N5. The van der Waals surface area contributed by atoms with Gasteiger partial charge in [0.25, 0.3) is 0 Å². The van der Waals surface area contributed by atoms with Crippen molar-refractivity contribution >= 4 is 65.4 Å². The van der Waals surface area contributed by atoms with E-state index in [4.69, 9.17) is 9.97 Å². The molecule has 0 fully saturated rings. The summed E-state index contributed by atoms with van der Waals surface area (Å²) in [5, 5.41) is 5.92. The number of fused-ring (bicyclic) bond motifs is 9. The molecule has 0 aliphatic heterocycles. The van der Waals surface area contributed by atoms with Crippen molar-refractivity contribution in [2.24, 2.45) is 0 Å². The number of nitrogens with zero attached hydrogens (tertiary/aromatic N) is 5. The van der Waals surface area contributed by atoms with Crippen LogP contribution in [0, 0.1) is 125 Å². The Hall–Kier alpha value is -12.7. The molecule has 0 unspecified atom stereocenters. The van der Waals surface area contributed by atoms with Crippen LogP contribution in [0.5, 0.6) is 0 Å². The number of aromatic nitrogens is 5. The van der Waals surface area contributed by atoms with Crippen molar-refractivity contribution in [2.75, 3.05) is 0 Å². The van der Waals surface area contributed by atoms with Gasteiger partial charge in [-0.05, 0) is 355 Å². The Bertz CT molecular complexity index is 6440. The summed E-state index contributed by atoms with van der Waals surface area (Å²) in [6, 6.07) is 74.0. The molecule has 0 saturated carbocycles. The zero-order valence-electron chi connectivity index (χ0n) is 68.8. The third-order valence-electron chi connectivity index (χ3n) is 24.4. The first-order valence-corrected chi connectivity index (χ1v) is 39.9. The van der Waals surface area contributed by atoms with E-state index in [9.17, 15) is 0 Å². The maximum absolute atomic E-state index is 17.3. The standard InChI is InChI=1S/C107H92F3N5/c1-57-35-63(7)100(64(8)36-57)75-19-25-92-84(47-75)85-48-76(101-65(9)37-58(2)38-66(101)10)20-26-93(85)113(92)98-55-111-33-31-82(98)90-53-81(107(108,109)110)54-91(106(90)115-96-29-23-79(104-71(15)43-61(5)44-72(104)16)51-88(96)89-52-80(24-30-97(89)115)105-73(17)45-62(6)46-74(105)18)83-32-34-112-56-99(83)114-94-27-21-77(102-67(11)39-59(3)40-68(102)12)49-86(94)87-50-78(22-28-95(87)114)103-69(13)41-60(4)42-70(103)14/h19-56H,1-18H3. The third kappa shape index (κ3) is 12.3. The maximum Gasteiger partial charge on any atom is 0.416 e. The number of aryl methyl sites for hydroxylation is 18. The average Bonchev–Trinajstić information content (AvgIpc) is 1.46. The quantitative estimate of drug-likeness (QED) is 0.129. The first-order chi connectivity index (χ1) is 55.0. The van der Waals surface area contributed by atoms with Gasteiger partial charge in [0.2, 0.25) is 0 Å². The van der Waals surface area contributed by atoms with Crippen molar-refractivity contribution in [2.45, 2.75) is 131 Å². The fraction of sp³-hybridized carbons (Fsp3) is 0.178. The Morgan fingerprint density at radius 1 is 0.226 bits per heavy atom. The van der Waals surface area contributed by atoms with Crippen molar-refractivity contribution in [1.29, 1.82) is 0 Å². The van der Waals surface area contributed by atoms with Crippen LogP contribution in [-0.2, 0) is 6.18 Å². The number of benzene rings is 13. The molecule has 0 N–H and O–H groups in total. The van der Waals surface area contributed by atoms with Crippen LogP contribution >= 0.6 is 0 Å². The molecule has 0 spiro atoms. The van der Waals surface area contributed by atoms with Crippen LogP contribution in [0.15, 0.2) is 231 Å². The Morgan fingerprint density at radius 2 is 0.426 bits per heavy atom. The van der Waals surface area contributed by atoms with Crippen LogP contribution in [0.4, 0.5) is 13.2 Å². The molecule has 13 aromatic carbocycles. The summed E-state index contributed by atoms with van der Waals surface area (Å²) in [5.41, 5.74) is 42.6. The molecule has 18 rings (SSSR count). The lowest BCUT2D eigenvalue weighted by Gasteiger charge is -2.24. The molecule has 0 saturated heterocycles. The summed E-state index contributed by atoms with van der Waals surface area (Å²) in [5.74, 6) is 0. The lowest BCUT2D eigenvalue weighted by molar-refractivity contribution is -0.137. The van der Waals surface area contributed by atoms with Crippen molar-refractivity contribution in [3.8, 4) is 106 Å². The highest BCUT2D eigenvalue weighted by Crippen LogP contribution is 2.52. The number of rotatable bonds is 11. The minimum absolute atomic E-state index is 0.358. The summed E-state index contributed by atoms with van der Waals surface area (Å²) < 4.78 is 58.7. The summed E-state index contributed by atoms with van der Waals surface area (Å²) in [7, 11) is 0. The molecule has 115 heavy (non-hydrogen) atoms. The molecule has 0 bridgehead atoms. The van der Waals surface area contributed by atoms with Crippen LogP contribution in [0.1, 0.15) is 106 Å². The Morgan fingerprint density at radius 3 is 0.626 bits per heavy atom. The molecular weight excluding hydrogens is 1410 g/mol. The normalized spacial score (nSPS) is 12.0. The molecule has 0 aliphatic rings. The highest BCUT2D eigenvalue weighted by molar-refractivity contribution is 6.17. The molecule has 8 heteroatoms. The van der Waals surface area contributed by atoms with E-state index >= 15 is 13.2 Å². The molecule has 0 radical (unpaired) electrons. The lowest BCUT2D eigenvalue weighted by Crippen LogP contribution is -2.11. The van der Waals surface area contributed by atoms with Crippen LogP contribution in [0.2, 0.25) is 0 Å². The Kier molecular flexibility index (Phi) is 17.7. The van der Waals surface area contributed by atoms with E-state index in [0.29, 0.717) is 39.3 Å². The maximum atomic E-state index is 17.3. The van der Waals surface area contributed by atoms with Gasteiger partial charge in [0.05, 0.1) is 68.1 Å². The number of hydrogen-bond donors (Lipinski definition) is 0. The molecule has 0 aliphatic carbocycles. The average molecular weight is 1500 g/mol. The van der Waals surface area contributed by atoms with Crippen LogP contribution in [0.3, 0.4) is 0 Å². The highest BCUT2D eigenvalue weighted by atomic mass is 19.4. The van der Waals surface area contributed by atoms with Crippen molar-refractivity contribution in [1.82, 2.24) is 23.7 Å². The predicted molar refractivity (Wildman–Crippen MR) is 479 cm³/mol. The van der Waals surface area contributed by atoms with Crippen LogP contribution < -0.4 is 0 Å². The minimum atomic E-state index is -4.85. The Balaban J connectivity index is 0.988. The topological polar surface area (TPSA) is 40.6 Å². The lowest BCUT2D eigenvalue weighted by atomic mass is 9.91. The fourth-order valence-corrected chi connectivity index (χ4v) is 20.6. The smallest absolute Gasteiger partial charge is 0.308 e. The van der Waals surface area contributed by atoms with E-state index in [-0.39, 0.29) is 0 Å². The van der Waals surface area contributed by atoms with Crippen molar-refractivity contribution < 1.29 is 13.2 Å². The zero-order chi connectivity index (χ0) is 80.4. The second kappa shape index (κ2) is 27.6. The van der Waals surface area contributed by atoms with E-state index < -0.39 is 11.7 Å². The van der Waals surface area contributed by atoms with Gasteiger partial charge in [0.15, 0.2) is 0 Å². The second-order valence-electron chi connectivity index (χ2n) is 33.2. The molecule has 18 aromatic rings. The van der Waals surface area contributed by atoms with E-state index in [1.807, 2.05) is 24.5 Å². The fourth-order valence-electron chi connectivity index (χ4n) is 20.6. The van der Waals surface area contributed by atoms with Gasteiger partial charge in [-0.3, -0.25) is 9.97 Å².